The first-order valence-electron chi connectivity index (χ1n) is 10.4. The van der Waals surface area contributed by atoms with Gasteiger partial charge in [-0.2, -0.15) is 9.41 Å². The van der Waals surface area contributed by atoms with Crippen LogP contribution < -0.4 is 10.3 Å². The van der Waals surface area contributed by atoms with E-state index in [4.69, 9.17) is 4.74 Å². The second-order valence-electron chi connectivity index (χ2n) is 7.53. The van der Waals surface area contributed by atoms with Gasteiger partial charge in [-0.1, -0.05) is 18.2 Å². The molecular weight excluding hydrogens is 416 g/mol. The highest BCUT2D eigenvalue weighted by Gasteiger charge is 2.27. The van der Waals surface area contributed by atoms with Crippen LogP contribution in [0.25, 0.3) is 0 Å². The van der Waals surface area contributed by atoms with E-state index in [-0.39, 0.29) is 10.5 Å². The van der Waals surface area contributed by atoms with Crippen molar-refractivity contribution in [1.29, 1.82) is 0 Å². The smallest absolute Gasteiger partial charge is 0.271 e. The largest absolute Gasteiger partial charge is 0.378 e. The zero-order valence-corrected chi connectivity index (χ0v) is 18.1. The van der Waals surface area contributed by atoms with Crippen molar-refractivity contribution in [3.8, 4) is 0 Å². The summed E-state index contributed by atoms with van der Waals surface area (Å²) in [5.74, 6) is -0.459. The molecule has 2 aromatic carbocycles. The summed E-state index contributed by atoms with van der Waals surface area (Å²) in [5.41, 5.74) is 4.69. The van der Waals surface area contributed by atoms with E-state index < -0.39 is 15.9 Å². The van der Waals surface area contributed by atoms with Crippen LogP contribution in [0.5, 0.6) is 0 Å². The van der Waals surface area contributed by atoms with Crippen LogP contribution in [0, 0.1) is 0 Å². The zero-order valence-electron chi connectivity index (χ0n) is 17.2. The Balaban J connectivity index is 1.38. The minimum Gasteiger partial charge on any atom is -0.378 e. The monoisotopic (exact) mass is 442 g/mol. The van der Waals surface area contributed by atoms with Gasteiger partial charge in [-0.25, -0.2) is 13.8 Å². The lowest BCUT2D eigenvalue weighted by molar-refractivity contribution is 0.0955. The van der Waals surface area contributed by atoms with Crippen molar-refractivity contribution < 1.29 is 17.9 Å². The number of anilines is 1. The van der Waals surface area contributed by atoms with Gasteiger partial charge in [0.05, 0.1) is 24.3 Å². The Labute approximate surface area is 182 Å². The minimum atomic E-state index is -3.57. The fourth-order valence-corrected chi connectivity index (χ4v) is 5.26. The molecule has 0 atom stereocenters. The van der Waals surface area contributed by atoms with Crippen molar-refractivity contribution in [2.75, 3.05) is 44.3 Å². The fraction of sp³-hybridized carbons (Fsp3) is 0.364. The summed E-state index contributed by atoms with van der Waals surface area (Å²) in [6.07, 6.45) is 3.29. The van der Waals surface area contributed by atoms with Crippen molar-refractivity contribution in [3.05, 3.63) is 59.7 Å². The molecule has 2 heterocycles. The van der Waals surface area contributed by atoms with Crippen LogP contribution in [-0.4, -0.2) is 64.2 Å². The number of hydrazone groups is 1. The van der Waals surface area contributed by atoms with Crippen LogP contribution in [0.1, 0.15) is 28.8 Å². The molecule has 0 saturated carbocycles. The second-order valence-corrected chi connectivity index (χ2v) is 9.47. The van der Waals surface area contributed by atoms with Crippen molar-refractivity contribution in [2.45, 2.75) is 17.7 Å². The maximum Gasteiger partial charge on any atom is 0.271 e. The number of hydrogen-bond acceptors (Lipinski definition) is 6. The number of rotatable bonds is 6. The number of benzene rings is 2. The van der Waals surface area contributed by atoms with Crippen LogP contribution in [0.2, 0.25) is 0 Å². The first-order valence-corrected chi connectivity index (χ1v) is 11.8. The van der Waals surface area contributed by atoms with Gasteiger partial charge in [0.2, 0.25) is 10.0 Å². The normalized spacial score (nSPS) is 17.9. The summed E-state index contributed by atoms with van der Waals surface area (Å²) in [4.78, 5) is 14.8. The molecule has 0 spiro atoms. The highest BCUT2D eigenvalue weighted by Crippen LogP contribution is 2.21. The standard InChI is InChI=1S/C22H26N4O4S/c27-22(19-4-3-5-21(16-19)31(28,29)26-10-1-2-11-26)24-23-17-18-6-8-20(9-7-18)25-12-14-30-15-13-25/h3-9,16-17H,1-2,10-15H2,(H,24,27)/b23-17+. The van der Waals surface area contributed by atoms with Gasteiger partial charge in [-0.15, -0.1) is 0 Å². The maximum atomic E-state index is 12.7. The van der Waals surface area contributed by atoms with E-state index in [2.05, 4.69) is 15.4 Å². The third-order valence-electron chi connectivity index (χ3n) is 5.45. The lowest BCUT2D eigenvalue weighted by Gasteiger charge is -2.28. The number of nitrogens with one attached hydrogen (secondary N) is 1. The molecule has 2 saturated heterocycles. The third-order valence-corrected chi connectivity index (χ3v) is 7.34. The number of ether oxygens (including phenoxy) is 1. The molecule has 8 nitrogen and oxygen atoms in total. The second kappa shape index (κ2) is 9.59. The lowest BCUT2D eigenvalue weighted by Crippen LogP contribution is -2.36. The van der Waals surface area contributed by atoms with Crippen LogP contribution in [-0.2, 0) is 14.8 Å². The van der Waals surface area contributed by atoms with Crippen molar-refractivity contribution >= 4 is 27.8 Å². The number of amides is 1. The Hall–Kier alpha value is -2.75. The molecule has 0 aliphatic carbocycles. The highest BCUT2D eigenvalue weighted by atomic mass is 32.2. The molecule has 164 valence electrons. The number of sulfonamides is 1. The molecule has 2 fully saturated rings. The highest BCUT2D eigenvalue weighted by molar-refractivity contribution is 7.89. The Bertz CT molecular complexity index is 1040. The van der Waals surface area contributed by atoms with Crippen LogP contribution in [0.3, 0.4) is 0 Å². The summed E-state index contributed by atoms with van der Waals surface area (Å²) < 4.78 is 32.2. The summed E-state index contributed by atoms with van der Waals surface area (Å²) in [6, 6.07) is 14.0. The Morgan fingerprint density at radius 3 is 2.42 bits per heavy atom. The van der Waals surface area contributed by atoms with Gasteiger partial charge >= 0.3 is 0 Å². The van der Waals surface area contributed by atoms with E-state index in [1.807, 2.05) is 24.3 Å². The molecule has 1 amide bonds. The van der Waals surface area contributed by atoms with Gasteiger partial charge in [-0.3, -0.25) is 4.79 Å². The summed E-state index contributed by atoms with van der Waals surface area (Å²) in [5, 5.41) is 4.01. The Morgan fingerprint density at radius 1 is 1.00 bits per heavy atom. The number of hydrogen-bond donors (Lipinski definition) is 1. The minimum absolute atomic E-state index is 0.129. The molecule has 0 aromatic heterocycles. The molecule has 0 bridgehead atoms. The average molecular weight is 443 g/mol. The van der Waals surface area contributed by atoms with Crippen molar-refractivity contribution in [1.82, 2.24) is 9.73 Å². The van der Waals surface area contributed by atoms with Crippen molar-refractivity contribution in [2.24, 2.45) is 5.10 Å². The van der Waals surface area contributed by atoms with Gasteiger partial charge in [0, 0.05) is 37.4 Å². The van der Waals surface area contributed by atoms with Crippen LogP contribution in [0.4, 0.5) is 5.69 Å². The molecule has 31 heavy (non-hydrogen) atoms. The van der Waals surface area contributed by atoms with Crippen LogP contribution in [0.15, 0.2) is 58.5 Å². The number of morpholine rings is 1. The molecule has 2 aliphatic rings. The topological polar surface area (TPSA) is 91.3 Å². The maximum absolute atomic E-state index is 12.7. The van der Waals surface area contributed by atoms with E-state index >= 15 is 0 Å². The molecule has 2 aromatic rings. The van der Waals surface area contributed by atoms with Gasteiger partial charge in [-0.05, 0) is 48.7 Å². The number of carbonyl (C=O) groups excluding carboxylic acids is 1. The summed E-state index contributed by atoms with van der Waals surface area (Å²) in [7, 11) is -3.57. The SMILES string of the molecule is O=C(N/N=C/c1ccc(N2CCOCC2)cc1)c1cccc(S(=O)(=O)N2CCCC2)c1. The Kier molecular flexibility index (Phi) is 6.64. The van der Waals surface area contributed by atoms with E-state index in [1.54, 1.807) is 18.3 Å². The predicted molar refractivity (Wildman–Crippen MR) is 119 cm³/mol. The summed E-state index contributed by atoms with van der Waals surface area (Å²) in [6.45, 7) is 4.25. The molecule has 9 heteroatoms. The predicted octanol–water partition coefficient (Wildman–Crippen LogP) is 2.07. The molecular formula is C22H26N4O4S. The van der Waals surface area contributed by atoms with Crippen LogP contribution >= 0.6 is 0 Å². The fourth-order valence-electron chi connectivity index (χ4n) is 3.70. The van der Waals surface area contributed by atoms with E-state index in [0.717, 1.165) is 50.4 Å². The average Bonchev–Trinajstić information content (AvgIpc) is 3.36. The summed E-state index contributed by atoms with van der Waals surface area (Å²) >= 11 is 0. The first kappa shape index (κ1) is 21.5. The molecule has 0 radical (unpaired) electrons. The van der Waals surface area contributed by atoms with Gasteiger partial charge in [0.15, 0.2) is 0 Å². The third kappa shape index (κ3) is 5.12. The quantitative estimate of drug-likeness (QED) is 0.546. The molecule has 1 N–H and O–H groups in total. The first-order chi connectivity index (χ1) is 15.0. The van der Waals surface area contributed by atoms with E-state index in [0.29, 0.717) is 13.1 Å². The van der Waals surface area contributed by atoms with Gasteiger partial charge in [0.25, 0.3) is 5.91 Å². The van der Waals surface area contributed by atoms with Crippen molar-refractivity contribution in [3.63, 3.8) is 0 Å². The Morgan fingerprint density at radius 2 is 1.71 bits per heavy atom. The zero-order chi connectivity index (χ0) is 21.7. The van der Waals surface area contributed by atoms with E-state index in [9.17, 15) is 13.2 Å². The molecule has 4 rings (SSSR count). The van der Waals surface area contributed by atoms with Gasteiger partial charge in [0.1, 0.15) is 0 Å². The number of nitrogens with zero attached hydrogens (tertiary/aromatic N) is 3. The molecule has 2 aliphatic heterocycles. The van der Waals surface area contributed by atoms with Gasteiger partial charge < -0.3 is 9.64 Å². The lowest BCUT2D eigenvalue weighted by atomic mass is 10.2. The molecule has 0 unspecified atom stereocenters. The van der Waals surface area contributed by atoms with E-state index in [1.165, 1.54) is 16.4 Å². The number of carbonyl (C=O) groups is 1.